The van der Waals surface area contributed by atoms with E-state index in [0.29, 0.717) is 44.2 Å². The third-order valence-electron chi connectivity index (χ3n) is 5.00. The molecule has 0 radical (unpaired) electrons. The number of carbonyl (C=O) groups excluding carboxylic acids is 2. The lowest BCUT2D eigenvalue weighted by Crippen LogP contribution is -2.44. The standard InChI is InChI=1S/C23H30N2O5S/c1-17(2)23(27)24(9-5-10-28-3)15-22(26)25(14-19-6-4-11-31-19)13-18-7-8-20-21(12-18)30-16-29-20/h4,6-8,11-12,17H,5,9-10,13-16H2,1-3H3. The summed E-state index contributed by atoms with van der Waals surface area (Å²) in [4.78, 5) is 30.5. The molecule has 2 amide bonds. The summed E-state index contributed by atoms with van der Waals surface area (Å²) in [6, 6.07) is 9.71. The fourth-order valence-electron chi connectivity index (χ4n) is 3.38. The lowest BCUT2D eigenvalue weighted by Gasteiger charge is -2.28. The van der Waals surface area contributed by atoms with Crippen LogP contribution in [0.5, 0.6) is 11.5 Å². The first-order valence-corrected chi connectivity index (χ1v) is 11.3. The smallest absolute Gasteiger partial charge is 0.242 e. The summed E-state index contributed by atoms with van der Waals surface area (Å²) in [6.07, 6.45) is 0.690. The second-order valence-electron chi connectivity index (χ2n) is 7.78. The van der Waals surface area contributed by atoms with Crippen LogP contribution in [0.4, 0.5) is 0 Å². The molecule has 0 N–H and O–H groups in total. The van der Waals surface area contributed by atoms with Gasteiger partial charge >= 0.3 is 0 Å². The Balaban J connectivity index is 1.74. The van der Waals surface area contributed by atoms with E-state index in [4.69, 9.17) is 14.2 Å². The van der Waals surface area contributed by atoms with Crippen molar-refractivity contribution in [2.75, 3.05) is 33.6 Å². The third kappa shape index (κ3) is 6.45. The minimum absolute atomic E-state index is 0.0244. The minimum Gasteiger partial charge on any atom is -0.454 e. The van der Waals surface area contributed by atoms with Crippen LogP contribution in [-0.4, -0.2) is 55.2 Å². The molecule has 0 fully saturated rings. The van der Waals surface area contributed by atoms with E-state index in [1.807, 2.05) is 49.6 Å². The highest BCUT2D eigenvalue weighted by molar-refractivity contribution is 7.09. The van der Waals surface area contributed by atoms with E-state index in [1.54, 1.807) is 28.2 Å². The number of carbonyl (C=O) groups is 2. The maximum Gasteiger partial charge on any atom is 0.242 e. The van der Waals surface area contributed by atoms with Gasteiger partial charge in [0.1, 0.15) is 0 Å². The van der Waals surface area contributed by atoms with Gasteiger partial charge in [0, 0.05) is 37.6 Å². The molecule has 3 rings (SSSR count). The van der Waals surface area contributed by atoms with Crippen LogP contribution in [0.1, 0.15) is 30.7 Å². The number of hydrogen-bond acceptors (Lipinski definition) is 6. The molecule has 1 aromatic carbocycles. The molecule has 8 heteroatoms. The quantitative estimate of drug-likeness (QED) is 0.494. The Bertz CT molecular complexity index is 869. The van der Waals surface area contributed by atoms with Crippen molar-refractivity contribution in [2.24, 2.45) is 5.92 Å². The van der Waals surface area contributed by atoms with Crippen molar-refractivity contribution in [1.29, 1.82) is 0 Å². The Morgan fingerprint density at radius 2 is 1.94 bits per heavy atom. The van der Waals surface area contributed by atoms with Crippen molar-refractivity contribution in [2.45, 2.75) is 33.4 Å². The molecule has 0 atom stereocenters. The summed E-state index contributed by atoms with van der Waals surface area (Å²) in [5, 5.41) is 2.00. The van der Waals surface area contributed by atoms with E-state index >= 15 is 0 Å². The van der Waals surface area contributed by atoms with Gasteiger partial charge in [0.25, 0.3) is 0 Å². The van der Waals surface area contributed by atoms with Gasteiger partial charge in [-0.15, -0.1) is 11.3 Å². The number of thiophene rings is 1. The molecule has 0 bridgehead atoms. The third-order valence-corrected chi connectivity index (χ3v) is 5.86. The zero-order valence-corrected chi connectivity index (χ0v) is 19.2. The molecule has 1 aliphatic rings. The van der Waals surface area contributed by atoms with E-state index in [2.05, 4.69) is 0 Å². The summed E-state index contributed by atoms with van der Waals surface area (Å²) >= 11 is 1.61. The molecule has 0 unspecified atom stereocenters. The topological polar surface area (TPSA) is 68.3 Å². The first-order chi connectivity index (χ1) is 15.0. The Morgan fingerprint density at radius 1 is 1.13 bits per heavy atom. The van der Waals surface area contributed by atoms with Crippen molar-refractivity contribution in [3.63, 3.8) is 0 Å². The molecule has 7 nitrogen and oxygen atoms in total. The van der Waals surface area contributed by atoms with Gasteiger partial charge in [-0.3, -0.25) is 9.59 Å². The molecule has 2 aromatic rings. The molecule has 1 aromatic heterocycles. The number of methoxy groups -OCH3 is 1. The van der Waals surface area contributed by atoms with Crippen molar-refractivity contribution in [1.82, 2.24) is 9.80 Å². The highest BCUT2D eigenvalue weighted by Gasteiger charge is 2.24. The fraction of sp³-hybridized carbons (Fsp3) is 0.478. The Morgan fingerprint density at radius 3 is 2.65 bits per heavy atom. The molecular weight excluding hydrogens is 416 g/mol. The predicted molar refractivity (Wildman–Crippen MR) is 119 cm³/mol. The molecule has 0 saturated carbocycles. The van der Waals surface area contributed by atoms with Gasteiger partial charge in [-0.1, -0.05) is 26.0 Å². The Labute approximate surface area is 187 Å². The van der Waals surface area contributed by atoms with Crippen LogP contribution >= 0.6 is 11.3 Å². The monoisotopic (exact) mass is 446 g/mol. The molecule has 2 heterocycles. The van der Waals surface area contributed by atoms with Crippen molar-refractivity contribution in [3.8, 4) is 11.5 Å². The molecule has 0 spiro atoms. The largest absolute Gasteiger partial charge is 0.454 e. The van der Waals surface area contributed by atoms with Crippen molar-refractivity contribution < 1.29 is 23.8 Å². The van der Waals surface area contributed by atoms with E-state index < -0.39 is 0 Å². The predicted octanol–water partition coefficient (Wildman–Crippen LogP) is 3.53. The van der Waals surface area contributed by atoms with E-state index in [1.165, 1.54) is 0 Å². The van der Waals surface area contributed by atoms with Gasteiger partial charge in [0.05, 0.1) is 13.1 Å². The van der Waals surface area contributed by atoms with Crippen molar-refractivity contribution >= 4 is 23.2 Å². The summed E-state index contributed by atoms with van der Waals surface area (Å²) < 4.78 is 16.0. The maximum absolute atomic E-state index is 13.3. The first kappa shape index (κ1) is 23.1. The minimum atomic E-state index is -0.171. The van der Waals surface area contributed by atoms with Crippen molar-refractivity contribution in [3.05, 3.63) is 46.2 Å². The van der Waals surface area contributed by atoms with Crippen LogP contribution in [-0.2, 0) is 27.4 Å². The van der Waals surface area contributed by atoms with Crippen LogP contribution < -0.4 is 9.47 Å². The van der Waals surface area contributed by atoms with E-state index in [0.717, 1.165) is 10.4 Å². The van der Waals surface area contributed by atoms with Gasteiger partial charge in [-0.05, 0) is 35.6 Å². The Hall–Kier alpha value is -2.58. The summed E-state index contributed by atoms with van der Waals surface area (Å²) in [6.45, 7) is 5.93. The lowest BCUT2D eigenvalue weighted by molar-refractivity contribution is -0.143. The van der Waals surface area contributed by atoms with Crippen LogP contribution in [0.3, 0.4) is 0 Å². The second kappa shape index (κ2) is 11.2. The first-order valence-electron chi connectivity index (χ1n) is 10.4. The number of amides is 2. The van der Waals surface area contributed by atoms with Gasteiger partial charge in [-0.25, -0.2) is 0 Å². The average molecular weight is 447 g/mol. The van der Waals surface area contributed by atoms with Crippen LogP contribution in [0.2, 0.25) is 0 Å². The van der Waals surface area contributed by atoms with Crippen LogP contribution in [0.25, 0.3) is 0 Å². The number of nitrogens with zero attached hydrogens (tertiary/aromatic N) is 2. The molecular formula is C23H30N2O5S. The molecule has 1 aliphatic heterocycles. The molecule has 31 heavy (non-hydrogen) atoms. The lowest BCUT2D eigenvalue weighted by atomic mass is 10.1. The zero-order chi connectivity index (χ0) is 22.2. The average Bonchev–Trinajstić information content (AvgIpc) is 3.43. The molecule has 0 aliphatic carbocycles. The van der Waals surface area contributed by atoms with Gasteiger partial charge in [-0.2, -0.15) is 0 Å². The highest BCUT2D eigenvalue weighted by Crippen LogP contribution is 2.33. The second-order valence-corrected chi connectivity index (χ2v) is 8.81. The van der Waals surface area contributed by atoms with Gasteiger partial charge < -0.3 is 24.0 Å². The van der Waals surface area contributed by atoms with Crippen LogP contribution in [0, 0.1) is 5.92 Å². The van der Waals surface area contributed by atoms with E-state index in [-0.39, 0.29) is 31.1 Å². The number of hydrogen-bond donors (Lipinski definition) is 0. The fourth-order valence-corrected chi connectivity index (χ4v) is 4.10. The number of ether oxygens (including phenoxy) is 3. The normalized spacial score (nSPS) is 12.3. The number of rotatable bonds is 11. The zero-order valence-electron chi connectivity index (χ0n) is 18.3. The van der Waals surface area contributed by atoms with Crippen LogP contribution in [0.15, 0.2) is 35.7 Å². The SMILES string of the molecule is COCCCN(CC(=O)N(Cc1ccc2c(c1)OCO2)Cc1cccs1)C(=O)C(C)C. The number of benzene rings is 1. The number of fused-ring (bicyclic) bond motifs is 1. The Kier molecular flexibility index (Phi) is 8.31. The summed E-state index contributed by atoms with van der Waals surface area (Å²) in [5.41, 5.74) is 0.954. The van der Waals surface area contributed by atoms with E-state index in [9.17, 15) is 9.59 Å². The molecule has 168 valence electrons. The maximum atomic E-state index is 13.3. The van der Waals surface area contributed by atoms with Gasteiger partial charge in [0.2, 0.25) is 18.6 Å². The highest BCUT2D eigenvalue weighted by atomic mass is 32.1. The summed E-state index contributed by atoms with van der Waals surface area (Å²) in [7, 11) is 1.63. The summed E-state index contributed by atoms with van der Waals surface area (Å²) in [5.74, 6) is 1.12. The van der Waals surface area contributed by atoms with Gasteiger partial charge in [0.15, 0.2) is 11.5 Å². The molecule has 0 saturated heterocycles.